The molecule has 1 unspecified atom stereocenters. The molecular formula is C66H81N3O14S. The van der Waals surface area contributed by atoms with Gasteiger partial charge in [0.2, 0.25) is 0 Å². The van der Waals surface area contributed by atoms with E-state index in [-0.39, 0.29) is 34.8 Å². The Kier molecular flexibility index (Phi) is 26.6. The summed E-state index contributed by atoms with van der Waals surface area (Å²) in [6.07, 6.45) is 18.1. The van der Waals surface area contributed by atoms with Gasteiger partial charge in [-0.2, -0.15) is 5.10 Å². The molecule has 4 aromatic carbocycles. The quantitative estimate of drug-likeness (QED) is 0.00878. The second kappa shape index (κ2) is 34.9. The molecule has 2 fully saturated rings. The molecule has 1 heterocycles. The lowest BCUT2D eigenvalue weighted by atomic mass is 9.87. The van der Waals surface area contributed by atoms with E-state index in [2.05, 4.69) is 31.5 Å². The number of para-hydroxylation sites is 1. The maximum atomic E-state index is 14.2. The van der Waals surface area contributed by atoms with E-state index >= 15 is 0 Å². The molecule has 2 aliphatic carbocycles. The Morgan fingerprint density at radius 1 is 0.571 bits per heavy atom. The zero-order valence-electron chi connectivity index (χ0n) is 48.4. The minimum Gasteiger partial charge on any atom is -0.494 e. The summed E-state index contributed by atoms with van der Waals surface area (Å²) < 4.78 is 45.5. The first-order valence-electron chi connectivity index (χ1n) is 29.8. The Morgan fingerprint density at radius 3 is 1.63 bits per heavy atom. The van der Waals surface area contributed by atoms with E-state index in [1.165, 1.54) is 0 Å². The fourth-order valence-corrected chi connectivity index (χ4v) is 11.1. The molecule has 0 bridgehead atoms. The number of hydrazone groups is 1. The molecule has 3 aliphatic rings. The number of benzene rings is 4. The van der Waals surface area contributed by atoms with Crippen LogP contribution < -0.4 is 24.3 Å². The van der Waals surface area contributed by atoms with Gasteiger partial charge in [0.1, 0.15) is 35.2 Å². The van der Waals surface area contributed by atoms with Crippen LogP contribution in [0, 0.1) is 11.8 Å². The molecule has 0 amide bonds. The number of unbranched alkanes of at least 4 members (excludes halogenated alkanes) is 9. The van der Waals surface area contributed by atoms with Crippen molar-refractivity contribution < 1.29 is 66.7 Å². The molecule has 1 N–H and O–H groups in total. The van der Waals surface area contributed by atoms with Crippen LogP contribution in [-0.4, -0.2) is 97.7 Å². The fraction of sp³-hybridized carbons (Fsp3) is 0.470. The molecule has 4 aromatic rings. The average molecular weight is 1170 g/mol. The Bertz CT molecular complexity index is 2780. The molecular weight excluding hydrogens is 1090 g/mol. The van der Waals surface area contributed by atoms with E-state index in [1.807, 2.05) is 23.2 Å². The molecule has 1 atom stereocenters. The topological polar surface area (TPSA) is 204 Å². The number of carbonyl (C=O) groups excluding carboxylic acids is 6. The number of thioether (sulfide) groups is 1. The SMILES string of the molecule is C=CC(=O)OCCCCCCOc1ccc(OC(=O)C2CCC(OC(=O)c3ccc(OC(=O)C4CCC(OC(=O)c5ccc(OCCCCCCOC(=O)C=C)cc5)CC4)cc3/C=N/N(CCCCCC)C3Nc4ccccc4S3)CC2)cc1. The maximum Gasteiger partial charge on any atom is 0.339 e. The second-order valence-electron chi connectivity index (χ2n) is 21.2. The van der Waals surface area contributed by atoms with E-state index in [0.717, 1.165) is 99.8 Å². The summed E-state index contributed by atoms with van der Waals surface area (Å²) in [4.78, 5) is 77.8. The van der Waals surface area contributed by atoms with Crippen molar-refractivity contribution in [2.75, 3.05) is 38.3 Å². The normalized spacial score (nSPS) is 18.0. The fourth-order valence-electron chi connectivity index (χ4n) is 9.99. The molecule has 18 heteroatoms. The van der Waals surface area contributed by atoms with Gasteiger partial charge in [-0.3, -0.25) is 14.6 Å². The third-order valence-electron chi connectivity index (χ3n) is 14.9. The van der Waals surface area contributed by atoms with Crippen LogP contribution in [0.1, 0.15) is 162 Å². The van der Waals surface area contributed by atoms with Crippen LogP contribution in [0.25, 0.3) is 0 Å². The van der Waals surface area contributed by atoms with Gasteiger partial charge < -0.3 is 43.2 Å². The van der Waals surface area contributed by atoms with Crippen molar-refractivity contribution in [1.29, 1.82) is 0 Å². The molecule has 17 nitrogen and oxygen atoms in total. The average Bonchev–Trinajstić information content (AvgIpc) is 4.10. The number of esters is 6. The molecule has 0 spiro atoms. The molecule has 1 aliphatic heterocycles. The molecule has 450 valence electrons. The molecule has 2 saturated carbocycles. The summed E-state index contributed by atoms with van der Waals surface area (Å²) in [5.74, 6) is -1.34. The van der Waals surface area contributed by atoms with Gasteiger partial charge in [-0.25, -0.2) is 19.2 Å². The van der Waals surface area contributed by atoms with Gasteiger partial charge in [0.05, 0.1) is 61.3 Å². The predicted octanol–water partition coefficient (Wildman–Crippen LogP) is 13.4. The van der Waals surface area contributed by atoms with Crippen LogP contribution >= 0.6 is 11.8 Å². The highest BCUT2D eigenvalue weighted by atomic mass is 32.2. The maximum absolute atomic E-state index is 14.2. The Labute approximate surface area is 498 Å². The number of ether oxygens (including phenoxy) is 8. The number of hydrogen-bond donors (Lipinski definition) is 1. The Morgan fingerprint density at radius 2 is 1.07 bits per heavy atom. The number of nitrogens with zero attached hydrogens (tertiary/aromatic N) is 2. The molecule has 84 heavy (non-hydrogen) atoms. The van der Waals surface area contributed by atoms with Crippen LogP contribution in [0.3, 0.4) is 0 Å². The van der Waals surface area contributed by atoms with Crippen molar-refractivity contribution in [3.05, 3.63) is 133 Å². The van der Waals surface area contributed by atoms with Gasteiger partial charge in [0.25, 0.3) is 0 Å². The number of nitrogens with one attached hydrogen (secondary N) is 1. The molecule has 7 rings (SSSR count). The first-order chi connectivity index (χ1) is 41.0. The van der Waals surface area contributed by atoms with Crippen molar-refractivity contribution in [2.24, 2.45) is 16.9 Å². The lowest BCUT2D eigenvalue weighted by molar-refractivity contribution is -0.141. The smallest absolute Gasteiger partial charge is 0.339 e. The van der Waals surface area contributed by atoms with E-state index in [0.29, 0.717) is 113 Å². The van der Waals surface area contributed by atoms with Gasteiger partial charge in [0, 0.05) is 29.2 Å². The van der Waals surface area contributed by atoms with Crippen LogP contribution in [-0.2, 0) is 38.1 Å². The zero-order chi connectivity index (χ0) is 59.3. The van der Waals surface area contributed by atoms with E-state index < -0.39 is 41.9 Å². The predicted molar refractivity (Wildman–Crippen MR) is 321 cm³/mol. The van der Waals surface area contributed by atoms with Crippen molar-refractivity contribution >= 4 is 59.5 Å². The molecule has 0 aromatic heterocycles. The lowest BCUT2D eigenvalue weighted by Crippen LogP contribution is -2.33. The van der Waals surface area contributed by atoms with Gasteiger partial charge in [-0.05, 0) is 188 Å². The molecule has 0 radical (unpaired) electrons. The number of anilines is 1. The first-order valence-corrected chi connectivity index (χ1v) is 30.7. The summed E-state index contributed by atoms with van der Waals surface area (Å²) in [5.41, 5.74) is 1.93. The Hall–Kier alpha value is -7.60. The number of fused-ring (bicyclic) bond motifs is 1. The third kappa shape index (κ3) is 21.2. The van der Waals surface area contributed by atoms with Crippen molar-refractivity contribution in [1.82, 2.24) is 5.01 Å². The first kappa shape index (κ1) is 64.0. The zero-order valence-corrected chi connectivity index (χ0v) is 49.2. The van der Waals surface area contributed by atoms with Crippen molar-refractivity contribution in [3.8, 4) is 23.0 Å². The highest BCUT2D eigenvalue weighted by molar-refractivity contribution is 8.00. The number of carbonyl (C=O) groups is 6. The van der Waals surface area contributed by atoms with Gasteiger partial charge in [-0.15, -0.1) is 0 Å². The van der Waals surface area contributed by atoms with Crippen LogP contribution in [0.5, 0.6) is 23.0 Å². The summed E-state index contributed by atoms with van der Waals surface area (Å²) in [6.45, 7) is 11.4. The highest BCUT2D eigenvalue weighted by Gasteiger charge is 2.33. The minimum absolute atomic E-state index is 0.190. The largest absolute Gasteiger partial charge is 0.494 e. The number of rotatable bonds is 34. The standard InChI is InChI=1S/C66H81N3O14S/c1-4-7-8-15-40-69(66-68-58-20-13-14-21-59(58)84-66)67-46-50-45-56(83-64(74)49-24-30-53(31-25-49)80-62(72)47-22-28-51(29-23-47)76-41-16-9-11-18-43-78-60(70)5-2)38-39-57(50)65(75)82-54-32-26-48(27-33-54)63(73)81-55-36-34-52(35-37-55)77-42-17-10-12-19-44-79-61(71)6-3/h5-6,13-14,20-23,28-29,34-39,45-46,48-49,53-54,66,68H,2-4,7-12,15-19,24-27,30-33,40-44H2,1H3/b67-46+. The summed E-state index contributed by atoms with van der Waals surface area (Å²) in [7, 11) is 0. The highest BCUT2D eigenvalue weighted by Crippen LogP contribution is 2.40. The summed E-state index contributed by atoms with van der Waals surface area (Å²) >= 11 is 1.67. The van der Waals surface area contributed by atoms with Gasteiger partial charge in [-0.1, -0.05) is 63.2 Å². The second-order valence-corrected chi connectivity index (χ2v) is 22.3. The van der Waals surface area contributed by atoms with Crippen LogP contribution in [0.15, 0.2) is 126 Å². The number of hydrogen-bond acceptors (Lipinski definition) is 18. The lowest BCUT2D eigenvalue weighted by Gasteiger charge is -2.27. The summed E-state index contributed by atoms with van der Waals surface area (Å²) in [5, 5.41) is 10.6. The van der Waals surface area contributed by atoms with Crippen LogP contribution in [0.2, 0.25) is 0 Å². The van der Waals surface area contributed by atoms with Gasteiger partial charge >= 0.3 is 35.8 Å². The third-order valence-corrected chi connectivity index (χ3v) is 16.0. The van der Waals surface area contributed by atoms with Gasteiger partial charge in [0.15, 0.2) is 5.50 Å². The monoisotopic (exact) mass is 1170 g/mol. The van der Waals surface area contributed by atoms with Crippen molar-refractivity contribution in [3.63, 3.8) is 0 Å². The van der Waals surface area contributed by atoms with E-state index in [1.54, 1.807) is 84.7 Å². The van der Waals surface area contributed by atoms with Crippen molar-refractivity contribution in [2.45, 2.75) is 158 Å². The molecule has 0 saturated heterocycles. The Balaban J connectivity index is 0.903. The minimum atomic E-state index is -0.549. The van der Waals surface area contributed by atoms with E-state index in [4.69, 9.17) is 43.0 Å². The van der Waals surface area contributed by atoms with E-state index in [9.17, 15) is 28.8 Å². The van der Waals surface area contributed by atoms with Crippen LogP contribution in [0.4, 0.5) is 5.69 Å². The summed E-state index contributed by atoms with van der Waals surface area (Å²) in [6, 6.07) is 26.8.